The lowest BCUT2D eigenvalue weighted by molar-refractivity contribution is 0.295. The van der Waals surface area contributed by atoms with Crippen molar-refractivity contribution in [2.75, 3.05) is 6.61 Å². The molecule has 0 saturated carbocycles. The number of rotatable bonds is 0. The minimum Gasteiger partial charge on any atom is -0.493 e. The summed E-state index contributed by atoms with van der Waals surface area (Å²) in [5.74, 6) is 0.653. The van der Waals surface area contributed by atoms with Gasteiger partial charge >= 0.3 is 0 Å². The summed E-state index contributed by atoms with van der Waals surface area (Å²) in [5, 5.41) is 14.0. The van der Waals surface area contributed by atoms with Gasteiger partial charge < -0.3 is 4.74 Å². The van der Waals surface area contributed by atoms with Crippen LogP contribution < -0.4 is 4.74 Å². The fourth-order valence-corrected chi connectivity index (χ4v) is 2.38. The molecule has 2 heterocycles. The van der Waals surface area contributed by atoms with E-state index >= 15 is 0 Å². The number of nitriles is 1. The summed E-state index contributed by atoms with van der Waals surface area (Å²) < 4.78 is 7.60. The van der Waals surface area contributed by atoms with Gasteiger partial charge in [-0.2, -0.15) is 10.4 Å². The first kappa shape index (κ1) is 11.1. The minimum absolute atomic E-state index is 0.511. The Morgan fingerprint density at radius 2 is 2.33 bits per heavy atom. The van der Waals surface area contributed by atoms with Gasteiger partial charge in [0.15, 0.2) is 0 Å². The van der Waals surface area contributed by atoms with E-state index in [2.05, 4.69) is 11.2 Å². The highest BCUT2D eigenvalue weighted by molar-refractivity contribution is 6.31. The maximum absolute atomic E-state index is 9.25. The first-order valence-corrected chi connectivity index (χ1v) is 6.06. The summed E-state index contributed by atoms with van der Waals surface area (Å²) in [6, 6.07) is 7.47. The zero-order chi connectivity index (χ0) is 12.5. The Morgan fingerprint density at radius 1 is 1.44 bits per heavy atom. The first-order valence-electron chi connectivity index (χ1n) is 5.68. The van der Waals surface area contributed by atoms with Crippen LogP contribution in [-0.4, -0.2) is 16.4 Å². The average Bonchev–Trinajstić information content (AvgIpc) is 2.78. The molecule has 1 aromatic heterocycles. The van der Waals surface area contributed by atoms with Gasteiger partial charge in [0.05, 0.1) is 23.4 Å². The minimum atomic E-state index is 0.511. The SMILES string of the molecule is N#Cc1cc(Cl)cc2c1-c1ccnn1CCCO2. The topological polar surface area (TPSA) is 50.8 Å². The van der Waals surface area contributed by atoms with E-state index in [1.165, 1.54) is 0 Å². The van der Waals surface area contributed by atoms with E-state index < -0.39 is 0 Å². The molecule has 2 aromatic rings. The molecule has 0 fully saturated rings. The van der Waals surface area contributed by atoms with Crippen LogP contribution in [0.25, 0.3) is 11.3 Å². The largest absolute Gasteiger partial charge is 0.493 e. The second kappa shape index (κ2) is 4.35. The Hall–Kier alpha value is -1.99. The van der Waals surface area contributed by atoms with Crippen molar-refractivity contribution in [3.8, 4) is 23.1 Å². The van der Waals surface area contributed by atoms with Crippen LogP contribution in [0.5, 0.6) is 5.75 Å². The van der Waals surface area contributed by atoms with E-state index in [9.17, 15) is 5.26 Å². The third-order valence-electron chi connectivity index (χ3n) is 2.93. The third kappa shape index (κ3) is 1.73. The summed E-state index contributed by atoms with van der Waals surface area (Å²) in [6.45, 7) is 1.38. The van der Waals surface area contributed by atoms with Crippen LogP contribution in [0, 0.1) is 11.3 Å². The third-order valence-corrected chi connectivity index (χ3v) is 3.15. The summed E-state index contributed by atoms with van der Waals surface area (Å²) in [7, 11) is 0. The molecule has 1 aliphatic rings. The lowest BCUT2D eigenvalue weighted by Crippen LogP contribution is -2.11. The molecule has 0 N–H and O–H groups in total. The molecule has 1 aliphatic heterocycles. The summed E-state index contributed by atoms with van der Waals surface area (Å²) in [4.78, 5) is 0. The molecule has 0 bridgehead atoms. The predicted octanol–water partition coefficient (Wildman–Crippen LogP) is 2.86. The standard InChI is InChI=1S/C13H10ClN3O/c14-10-6-9(8-15)13-11-2-3-16-17(11)4-1-5-18-12(13)7-10/h2-3,6-7H,1,4-5H2. The van der Waals surface area contributed by atoms with Crippen LogP contribution in [0.2, 0.25) is 5.02 Å². The van der Waals surface area contributed by atoms with Gasteiger partial charge in [-0.1, -0.05) is 11.6 Å². The maximum Gasteiger partial charge on any atom is 0.131 e. The van der Waals surface area contributed by atoms with E-state index in [-0.39, 0.29) is 0 Å². The molecule has 90 valence electrons. The number of ether oxygens (including phenoxy) is 1. The molecule has 1 aromatic carbocycles. The van der Waals surface area contributed by atoms with Gasteiger partial charge in [0.25, 0.3) is 0 Å². The van der Waals surface area contributed by atoms with Crippen molar-refractivity contribution in [3.63, 3.8) is 0 Å². The maximum atomic E-state index is 9.25. The van der Waals surface area contributed by atoms with Gasteiger partial charge in [-0.15, -0.1) is 0 Å². The lowest BCUT2D eigenvalue weighted by atomic mass is 10.0. The number of halogens is 1. The van der Waals surface area contributed by atoms with Crippen LogP contribution in [0.15, 0.2) is 24.4 Å². The number of aromatic nitrogens is 2. The van der Waals surface area contributed by atoms with Crippen molar-refractivity contribution in [1.82, 2.24) is 9.78 Å². The predicted molar refractivity (Wildman–Crippen MR) is 67.5 cm³/mol. The molecular formula is C13H10ClN3O. The van der Waals surface area contributed by atoms with E-state index in [4.69, 9.17) is 16.3 Å². The van der Waals surface area contributed by atoms with E-state index in [0.717, 1.165) is 24.2 Å². The Bertz CT molecular complexity index is 642. The molecule has 5 heteroatoms. The molecule has 4 nitrogen and oxygen atoms in total. The fourth-order valence-electron chi connectivity index (χ4n) is 2.17. The summed E-state index contributed by atoms with van der Waals surface area (Å²) in [6.07, 6.45) is 2.61. The number of benzene rings is 1. The Balaban J connectivity index is 2.31. The quantitative estimate of drug-likeness (QED) is 0.731. The zero-order valence-electron chi connectivity index (χ0n) is 9.56. The van der Waals surface area contributed by atoms with E-state index in [1.54, 1.807) is 18.3 Å². The number of aryl methyl sites for hydroxylation is 1. The van der Waals surface area contributed by atoms with Crippen LogP contribution in [0.1, 0.15) is 12.0 Å². The molecule has 0 aliphatic carbocycles. The van der Waals surface area contributed by atoms with Crippen molar-refractivity contribution in [2.45, 2.75) is 13.0 Å². The van der Waals surface area contributed by atoms with Crippen molar-refractivity contribution < 1.29 is 4.74 Å². The second-order valence-corrected chi connectivity index (χ2v) is 4.52. The molecule has 0 spiro atoms. The number of hydrogen-bond acceptors (Lipinski definition) is 3. The van der Waals surface area contributed by atoms with E-state index in [0.29, 0.717) is 22.9 Å². The van der Waals surface area contributed by atoms with Gasteiger partial charge in [-0.25, -0.2) is 0 Å². The zero-order valence-corrected chi connectivity index (χ0v) is 10.3. The lowest BCUT2D eigenvalue weighted by Gasteiger charge is -2.18. The number of hydrogen-bond donors (Lipinski definition) is 0. The van der Waals surface area contributed by atoms with Crippen molar-refractivity contribution in [1.29, 1.82) is 5.26 Å². The van der Waals surface area contributed by atoms with Crippen molar-refractivity contribution >= 4 is 11.6 Å². The van der Waals surface area contributed by atoms with Gasteiger partial charge in [0.2, 0.25) is 0 Å². The monoisotopic (exact) mass is 259 g/mol. The summed E-state index contributed by atoms with van der Waals surface area (Å²) in [5.41, 5.74) is 2.19. The number of fused-ring (bicyclic) bond motifs is 3. The fraction of sp³-hybridized carbons (Fsp3) is 0.231. The first-order chi connectivity index (χ1) is 8.79. The highest BCUT2D eigenvalue weighted by Gasteiger charge is 2.19. The molecule has 0 amide bonds. The molecule has 0 radical (unpaired) electrons. The molecular weight excluding hydrogens is 250 g/mol. The van der Waals surface area contributed by atoms with Gasteiger partial charge in [0.1, 0.15) is 11.8 Å². The molecule has 0 unspecified atom stereocenters. The van der Waals surface area contributed by atoms with Gasteiger partial charge in [-0.3, -0.25) is 4.68 Å². The van der Waals surface area contributed by atoms with E-state index in [1.807, 2.05) is 10.7 Å². The molecule has 3 rings (SSSR count). The Labute approximate surface area is 109 Å². The second-order valence-electron chi connectivity index (χ2n) is 4.08. The van der Waals surface area contributed by atoms with Crippen LogP contribution in [0.4, 0.5) is 0 Å². The number of nitrogens with zero attached hydrogens (tertiary/aromatic N) is 3. The van der Waals surface area contributed by atoms with Gasteiger partial charge in [-0.05, 0) is 18.2 Å². The van der Waals surface area contributed by atoms with Crippen LogP contribution in [0.3, 0.4) is 0 Å². The normalized spacial score (nSPS) is 13.6. The molecule has 0 saturated heterocycles. The Kier molecular flexibility index (Phi) is 2.69. The average molecular weight is 260 g/mol. The Morgan fingerprint density at radius 3 is 3.17 bits per heavy atom. The van der Waals surface area contributed by atoms with Crippen molar-refractivity contribution in [3.05, 3.63) is 35.0 Å². The summed E-state index contributed by atoms with van der Waals surface area (Å²) >= 11 is 6.00. The van der Waals surface area contributed by atoms with Crippen molar-refractivity contribution in [2.24, 2.45) is 0 Å². The smallest absolute Gasteiger partial charge is 0.131 e. The van der Waals surface area contributed by atoms with Crippen LogP contribution in [-0.2, 0) is 6.54 Å². The molecule has 0 atom stereocenters. The van der Waals surface area contributed by atoms with Crippen LogP contribution >= 0.6 is 11.6 Å². The highest BCUT2D eigenvalue weighted by atomic mass is 35.5. The molecule has 18 heavy (non-hydrogen) atoms. The highest BCUT2D eigenvalue weighted by Crippen LogP contribution is 2.37. The van der Waals surface area contributed by atoms with Gasteiger partial charge in [0, 0.05) is 24.2 Å².